The Morgan fingerprint density at radius 2 is 1.89 bits per heavy atom. The van der Waals surface area contributed by atoms with Crippen LogP contribution in [0.3, 0.4) is 0 Å². The average molecular weight is 385 g/mol. The zero-order chi connectivity index (χ0) is 19.1. The maximum absolute atomic E-state index is 12.3. The van der Waals surface area contributed by atoms with Gasteiger partial charge in [-0.15, -0.1) is 0 Å². The lowest BCUT2D eigenvalue weighted by Gasteiger charge is -2.15. The first kappa shape index (κ1) is 18.9. The van der Waals surface area contributed by atoms with E-state index in [-0.39, 0.29) is 5.91 Å². The van der Waals surface area contributed by atoms with E-state index < -0.39 is 0 Å². The summed E-state index contributed by atoms with van der Waals surface area (Å²) in [6.07, 6.45) is 4.50. The number of nitrogens with zero attached hydrogens (tertiary/aromatic N) is 3. The van der Waals surface area contributed by atoms with Gasteiger partial charge in [-0.1, -0.05) is 11.6 Å². The predicted octanol–water partition coefficient (Wildman–Crippen LogP) is 4.24. The zero-order valence-electron chi connectivity index (χ0n) is 15.1. The third kappa shape index (κ3) is 5.56. The molecule has 6 nitrogen and oxygen atoms in total. The van der Waals surface area contributed by atoms with E-state index in [1.807, 2.05) is 36.4 Å². The molecule has 1 aromatic carbocycles. The summed E-state index contributed by atoms with van der Waals surface area (Å²) in [4.78, 5) is 22.1. The predicted molar refractivity (Wildman–Crippen MR) is 105 cm³/mol. The summed E-state index contributed by atoms with van der Waals surface area (Å²) in [5, 5.41) is 3.78. The van der Waals surface area contributed by atoms with Crippen molar-refractivity contribution < 1.29 is 9.21 Å². The minimum Gasteiger partial charge on any atom is -0.459 e. The molecule has 0 unspecified atom stereocenters. The van der Waals surface area contributed by atoms with Crippen molar-refractivity contribution in [2.24, 2.45) is 0 Å². The lowest BCUT2D eigenvalue weighted by atomic mass is 10.2. The fourth-order valence-electron chi connectivity index (χ4n) is 2.58. The molecule has 0 radical (unpaired) electrons. The maximum atomic E-state index is 12.3. The number of carbonyl (C=O) groups is 1. The highest BCUT2D eigenvalue weighted by molar-refractivity contribution is 6.30. The first-order valence-corrected chi connectivity index (χ1v) is 9.09. The van der Waals surface area contributed by atoms with Crippen LogP contribution in [-0.2, 0) is 11.3 Å². The molecular formula is C20H21ClN4O2. The maximum Gasteiger partial charge on any atom is 0.222 e. The largest absolute Gasteiger partial charge is 0.459 e. The van der Waals surface area contributed by atoms with Gasteiger partial charge >= 0.3 is 0 Å². The molecule has 140 valence electrons. The summed E-state index contributed by atoms with van der Waals surface area (Å²) in [6.45, 7) is 1.08. The second-order valence-electron chi connectivity index (χ2n) is 6.13. The molecule has 3 aromatic rings. The molecule has 0 aliphatic heterocycles. The van der Waals surface area contributed by atoms with E-state index >= 15 is 0 Å². The van der Waals surface area contributed by atoms with Gasteiger partial charge in [0.15, 0.2) is 0 Å². The third-order valence-corrected chi connectivity index (χ3v) is 4.28. The van der Waals surface area contributed by atoms with Crippen LogP contribution in [-0.4, -0.2) is 34.4 Å². The average Bonchev–Trinajstić information content (AvgIpc) is 3.15. The molecule has 0 spiro atoms. The smallest absolute Gasteiger partial charge is 0.222 e. The Hall–Kier alpha value is -2.86. The second kappa shape index (κ2) is 9.19. The second-order valence-corrected chi connectivity index (χ2v) is 6.56. The van der Waals surface area contributed by atoms with Crippen LogP contribution in [0.15, 0.2) is 59.3 Å². The Labute approximate surface area is 163 Å². The van der Waals surface area contributed by atoms with Crippen molar-refractivity contribution in [2.75, 3.05) is 18.9 Å². The van der Waals surface area contributed by atoms with Crippen LogP contribution in [0, 0.1) is 0 Å². The lowest BCUT2D eigenvalue weighted by Crippen LogP contribution is -2.26. The number of aromatic nitrogens is 2. The summed E-state index contributed by atoms with van der Waals surface area (Å²) >= 11 is 5.91. The number of nitrogens with one attached hydrogen (secondary N) is 1. The quantitative estimate of drug-likeness (QED) is 0.588. The van der Waals surface area contributed by atoms with Gasteiger partial charge in [0.2, 0.25) is 11.9 Å². The minimum absolute atomic E-state index is 0.0650. The number of anilines is 1. The van der Waals surface area contributed by atoms with E-state index in [2.05, 4.69) is 15.3 Å². The number of hydrogen-bond donors (Lipinski definition) is 1. The summed E-state index contributed by atoms with van der Waals surface area (Å²) in [6, 6.07) is 13.0. The molecule has 0 fully saturated rings. The first-order chi connectivity index (χ1) is 13.1. The van der Waals surface area contributed by atoms with E-state index in [0.717, 1.165) is 17.1 Å². The molecule has 0 aliphatic rings. The number of furan rings is 1. The monoisotopic (exact) mass is 384 g/mol. The van der Waals surface area contributed by atoms with Gasteiger partial charge in [-0.25, -0.2) is 9.97 Å². The number of hydrogen-bond acceptors (Lipinski definition) is 5. The standard InChI is InChI=1S/C20H21ClN4O2/c1-25(19(26)4-2-11-22-20-23-12-3-13-24-20)14-17-9-10-18(27-17)15-5-7-16(21)8-6-15/h3,5-10,12-13H,2,4,11,14H2,1H3,(H,22,23,24). The van der Waals surface area contributed by atoms with Crippen LogP contribution in [0.5, 0.6) is 0 Å². The minimum atomic E-state index is 0.0650. The number of benzene rings is 1. The van der Waals surface area contributed by atoms with Gasteiger partial charge in [-0.3, -0.25) is 4.79 Å². The van der Waals surface area contributed by atoms with Gasteiger partial charge in [0.05, 0.1) is 6.54 Å². The molecule has 1 N–H and O–H groups in total. The highest BCUT2D eigenvalue weighted by Gasteiger charge is 2.12. The van der Waals surface area contributed by atoms with E-state index in [1.54, 1.807) is 30.4 Å². The van der Waals surface area contributed by atoms with Gasteiger partial charge in [0, 0.05) is 43.0 Å². The van der Waals surface area contributed by atoms with Crippen LogP contribution in [0.2, 0.25) is 5.02 Å². The fraction of sp³-hybridized carbons (Fsp3) is 0.250. The molecule has 0 aliphatic carbocycles. The van der Waals surface area contributed by atoms with Crippen LogP contribution >= 0.6 is 11.6 Å². The molecule has 1 amide bonds. The summed E-state index contributed by atoms with van der Waals surface area (Å²) < 4.78 is 5.85. The number of amides is 1. The normalized spacial score (nSPS) is 10.6. The summed E-state index contributed by atoms with van der Waals surface area (Å²) in [5.74, 6) is 2.14. The SMILES string of the molecule is CN(Cc1ccc(-c2ccc(Cl)cc2)o1)C(=O)CCCNc1ncccn1. The van der Waals surface area contributed by atoms with E-state index in [9.17, 15) is 4.79 Å². The van der Waals surface area contributed by atoms with Crippen LogP contribution in [0.25, 0.3) is 11.3 Å². The van der Waals surface area contributed by atoms with Crippen LogP contribution < -0.4 is 5.32 Å². The summed E-state index contributed by atoms with van der Waals surface area (Å²) in [5.41, 5.74) is 0.953. The molecule has 2 aromatic heterocycles. The van der Waals surface area contributed by atoms with Crippen molar-refractivity contribution in [3.8, 4) is 11.3 Å². The van der Waals surface area contributed by atoms with Crippen molar-refractivity contribution in [1.29, 1.82) is 0 Å². The Balaban J connectivity index is 1.45. The van der Waals surface area contributed by atoms with Crippen LogP contribution in [0.1, 0.15) is 18.6 Å². The van der Waals surface area contributed by atoms with E-state index in [0.29, 0.717) is 36.9 Å². The Bertz CT molecular complexity index is 865. The number of carbonyl (C=O) groups excluding carboxylic acids is 1. The van der Waals surface area contributed by atoms with Gasteiger partial charge < -0.3 is 14.6 Å². The number of halogens is 1. The molecule has 0 saturated heterocycles. The molecular weight excluding hydrogens is 364 g/mol. The van der Waals surface area contributed by atoms with Gasteiger partial charge in [0.1, 0.15) is 11.5 Å². The van der Waals surface area contributed by atoms with Crippen molar-refractivity contribution in [3.05, 3.63) is 65.6 Å². The summed E-state index contributed by atoms with van der Waals surface area (Å²) in [7, 11) is 1.78. The topological polar surface area (TPSA) is 71.3 Å². The van der Waals surface area contributed by atoms with Crippen molar-refractivity contribution in [2.45, 2.75) is 19.4 Å². The van der Waals surface area contributed by atoms with Crippen molar-refractivity contribution >= 4 is 23.5 Å². The molecule has 3 rings (SSSR count). The Kier molecular flexibility index (Phi) is 6.44. The zero-order valence-corrected chi connectivity index (χ0v) is 15.8. The third-order valence-electron chi connectivity index (χ3n) is 4.03. The fourth-order valence-corrected chi connectivity index (χ4v) is 2.70. The lowest BCUT2D eigenvalue weighted by molar-refractivity contribution is -0.130. The van der Waals surface area contributed by atoms with E-state index in [4.69, 9.17) is 16.0 Å². The molecule has 0 saturated carbocycles. The highest BCUT2D eigenvalue weighted by Crippen LogP contribution is 2.24. The van der Waals surface area contributed by atoms with Gasteiger partial charge in [0.25, 0.3) is 0 Å². The van der Waals surface area contributed by atoms with E-state index in [1.165, 1.54) is 0 Å². The molecule has 27 heavy (non-hydrogen) atoms. The molecule has 7 heteroatoms. The molecule has 2 heterocycles. The highest BCUT2D eigenvalue weighted by atomic mass is 35.5. The van der Waals surface area contributed by atoms with Crippen molar-refractivity contribution in [3.63, 3.8) is 0 Å². The van der Waals surface area contributed by atoms with Gasteiger partial charge in [-0.2, -0.15) is 0 Å². The van der Waals surface area contributed by atoms with Crippen molar-refractivity contribution in [1.82, 2.24) is 14.9 Å². The number of rotatable bonds is 8. The van der Waals surface area contributed by atoms with Gasteiger partial charge in [-0.05, 0) is 48.9 Å². The molecule has 0 bridgehead atoms. The Morgan fingerprint density at radius 3 is 2.63 bits per heavy atom. The van der Waals surface area contributed by atoms with Crippen LogP contribution in [0.4, 0.5) is 5.95 Å². The Morgan fingerprint density at radius 1 is 1.15 bits per heavy atom. The first-order valence-electron chi connectivity index (χ1n) is 8.71. The molecule has 0 atom stereocenters.